The van der Waals surface area contributed by atoms with Gasteiger partial charge in [0.05, 0.1) is 15.1 Å². The summed E-state index contributed by atoms with van der Waals surface area (Å²) in [6.45, 7) is 8.15. The van der Waals surface area contributed by atoms with E-state index in [1.807, 2.05) is 6.92 Å². The van der Waals surface area contributed by atoms with E-state index < -0.39 is 0 Å². The minimum atomic E-state index is 0.0157. The molecule has 1 rings (SSSR count). The molecule has 0 amide bonds. The van der Waals surface area contributed by atoms with Crippen molar-refractivity contribution in [2.24, 2.45) is 5.92 Å². The molecule has 0 aliphatic rings. The van der Waals surface area contributed by atoms with Crippen molar-refractivity contribution >= 4 is 34.8 Å². The molecule has 0 aliphatic heterocycles. The van der Waals surface area contributed by atoms with Crippen molar-refractivity contribution in [2.45, 2.75) is 33.3 Å². The van der Waals surface area contributed by atoms with Crippen LogP contribution in [0, 0.1) is 5.92 Å². The number of nitrogens with one attached hydrogen (secondary N) is 1. The van der Waals surface area contributed by atoms with Crippen LogP contribution in [0.15, 0.2) is 12.1 Å². The van der Waals surface area contributed by atoms with Crippen LogP contribution in [0.1, 0.15) is 27.2 Å². The highest BCUT2D eigenvalue weighted by molar-refractivity contribution is 6.43. The Hall–Kier alpha value is -0.150. The first kappa shape index (κ1) is 16.9. The number of benzene rings is 1. The van der Waals surface area contributed by atoms with Crippen LogP contribution in [0.4, 0.5) is 0 Å². The summed E-state index contributed by atoms with van der Waals surface area (Å²) in [5.74, 6) is 1.27. The predicted octanol–water partition coefficient (Wildman–Crippen LogP) is 5.05. The summed E-state index contributed by atoms with van der Waals surface area (Å²) in [6.07, 6.45) is 1.17. The number of hydrogen-bond acceptors (Lipinski definition) is 2. The van der Waals surface area contributed by atoms with Crippen LogP contribution in [0.25, 0.3) is 0 Å². The molecular formula is C14H20Cl3NO. The van der Waals surface area contributed by atoms with Crippen molar-refractivity contribution in [1.82, 2.24) is 5.32 Å². The molecule has 0 saturated carbocycles. The van der Waals surface area contributed by atoms with Crippen LogP contribution < -0.4 is 10.1 Å². The summed E-state index contributed by atoms with van der Waals surface area (Å²) in [7, 11) is 0. The number of rotatable bonds is 7. The maximum atomic E-state index is 6.06. The molecule has 1 aromatic rings. The van der Waals surface area contributed by atoms with Crippen LogP contribution in [-0.2, 0) is 0 Å². The molecule has 0 aliphatic carbocycles. The van der Waals surface area contributed by atoms with E-state index in [1.165, 1.54) is 0 Å². The third-order valence-electron chi connectivity index (χ3n) is 2.63. The smallest absolute Gasteiger partial charge is 0.139 e. The van der Waals surface area contributed by atoms with E-state index in [0.717, 1.165) is 19.5 Å². The van der Waals surface area contributed by atoms with E-state index in [0.29, 0.717) is 26.7 Å². The Labute approximate surface area is 130 Å². The number of ether oxygens (including phenoxy) is 1. The summed E-state index contributed by atoms with van der Waals surface area (Å²) in [5, 5.41) is 4.71. The van der Waals surface area contributed by atoms with Gasteiger partial charge in [-0.15, -0.1) is 0 Å². The van der Waals surface area contributed by atoms with Gasteiger partial charge in [0.15, 0.2) is 0 Å². The molecule has 0 bridgehead atoms. The topological polar surface area (TPSA) is 21.3 Å². The molecule has 0 radical (unpaired) electrons. The lowest BCUT2D eigenvalue weighted by atomic mass is 10.1. The van der Waals surface area contributed by atoms with Crippen LogP contribution in [0.5, 0.6) is 5.75 Å². The van der Waals surface area contributed by atoms with Gasteiger partial charge in [-0.3, -0.25) is 0 Å². The summed E-state index contributed by atoms with van der Waals surface area (Å²) < 4.78 is 5.75. The molecule has 1 N–H and O–H groups in total. The van der Waals surface area contributed by atoms with Crippen molar-refractivity contribution in [1.29, 1.82) is 0 Å². The van der Waals surface area contributed by atoms with Gasteiger partial charge in [0.2, 0.25) is 0 Å². The van der Waals surface area contributed by atoms with Crippen molar-refractivity contribution in [3.8, 4) is 5.75 Å². The summed E-state index contributed by atoms with van der Waals surface area (Å²) in [4.78, 5) is 0. The van der Waals surface area contributed by atoms with E-state index >= 15 is 0 Å². The Morgan fingerprint density at radius 2 is 1.68 bits per heavy atom. The number of halogens is 3. The SMILES string of the molecule is CC(C)CCNCC(C)Oc1cc(Cl)c(Cl)cc1Cl. The van der Waals surface area contributed by atoms with Crippen molar-refractivity contribution in [3.63, 3.8) is 0 Å². The fourth-order valence-electron chi connectivity index (χ4n) is 1.55. The van der Waals surface area contributed by atoms with Gasteiger partial charge < -0.3 is 10.1 Å². The summed E-state index contributed by atoms with van der Waals surface area (Å²) in [6, 6.07) is 3.25. The molecule has 1 atom stereocenters. The Morgan fingerprint density at radius 3 is 2.32 bits per heavy atom. The van der Waals surface area contributed by atoms with Crippen molar-refractivity contribution < 1.29 is 4.74 Å². The molecule has 0 heterocycles. The van der Waals surface area contributed by atoms with Gasteiger partial charge in [0.1, 0.15) is 11.9 Å². The second-order valence-corrected chi connectivity index (χ2v) is 6.23. The predicted molar refractivity (Wildman–Crippen MR) is 83.9 cm³/mol. The second kappa shape index (κ2) is 8.21. The minimum absolute atomic E-state index is 0.0157. The highest BCUT2D eigenvalue weighted by Gasteiger charge is 2.10. The van der Waals surface area contributed by atoms with Gasteiger partial charge in [-0.25, -0.2) is 0 Å². The monoisotopic (exact) mass is 323 g/mol. The molecule has 2 nitrogen and oxygen atoms in total. The van der Waals surface area contributed by atoms with Gasteiger partial charge in [-0.05, 0) is 31.9 Å². The largest absolute Gasteiger partial charge is 0.488 e. The lowest BCUT2D eigenvalue weighted by Crippen LogP contribution is -2.30. The lowest BCUT2D eigenvalue weighted by Gasteiger charge is -2.17. The first-order valence-corrected chi connectivity index (χ1v) is 7.55. The van der Waals surface area contributed by atoms with Crippen LogP contribution >= 0.6 is 34.8 Å². The zero-order valence-corrected chi connectivity index (χ0v) is 13.7. The Bertz CT molecular complexity index is 410. The highest BCUT2D eigenvalue weighted by atomic mass is 35.5. The molecule has 0 aromatic heterocycles. The molecule has 5 heteroatoms. The van der Waals surface area contributed by atoms with Gasteiger partial charge in [-0.1, -0.05) is 48.7 Å². The average Bonchev–Trinajstić information content (AvgIpc) is 2.31. The Balaban J connectivity index is 2.44. The molecule has 108 valence electrons. The maximum absolute atomic E-state index is 6.06. The molecule has 0 fully saturated rings. The fourth-order valence-corrected chi connectivity index (χ4v) is 2.13. The Kier molecular flexibility index (Phi) is 7.30. The zero-order chi connectivity index (χ0) is 14.4. The Morgan fingerprint density at radius 1 is 1.05 bits per heavy atom. The average molecular weight is 325 g/mol. The van der Waals surface area contributed by atoms with Gasteiger partial charge in [0.25, 0.3) is 0 Å². The third-order valence-corrected chi connectivity index (χ3v) is 3.65. The summed E-state index contributed by atoms with van der Waals surface area (Å²) in [5.41, 5.74) is 0. The molecule has 1 unspecified atom stereocenters. The van der Waals surface area contributed by atoms with Gasteiger partial charge in [-0.2, -0.15) is 0 Å². The fraction of sp³-hybridized carbons (Fsp3) is 0.571. The molecule has 0 saturated heterocycles. The van der Waals surface area contributed by atoms with Crippen LogP contribution in [-0.4, -0.2) is 19.2 Å². The van der Waals surface area contributed by atoms with Crippen molar-refractivity contribution in [3.05, 3.63) is 27.2 Å². The first-order valence-electron chi connectivity index (χ1n) is 6.42. The first-order chi connectivity index (χ1) is 8.90. The van der Waals surface area contributed by atoms with E-state index in [9.17, 15) is 0 Å². The van der Waals surface area contributed by atoms with Gasteiger partial charge >= 0.3 is 0 Å². The highest BCUT2D eigenvalue weighted by Crippen LogP contribution is 2.34. The van der Waals surface area contributed by atoms with E-state index in [4.69, 9.17) is 39.5 Å². The molecular weight excluding hydrogens is 305 g/mol. The van der Waals surface area contributed by atoms with E-state index in [-0.39, 0.29) is 6.10 Å². The molecule has 1 aromatic carbocycles. The molecule has 0 spiro atoms. The van der Waals surface area contributed by atoms with Gasteiger partial charge in [0, 0.05) is 12.6 Å². The number of hydrogen-bond donors (Lipinski definition) is 1. The third kappa shape index (κ3) is 6.22. The normalized spacial score (nSPS) is 12.8. The molecule has 19 heavy (non-hydrogen) atoms. The van der Waals surface area contributed by atoms with E-state index in [1.54, 1.807) is 12.1 Å². The zero-order valence-electron chi connectivity index (χ0n) is 11.5. The van der Waals surface area contributed by atoms with Crippen LogP contribution in [0.2, 0.25) is 15.1 Å². The maximum Gasteiger partial charge on any atom is 0.139 e. The van der Waals surface area contributed by atoms with Crippen LogP contribution in [0.3, 0.4) is 0 Å². The van der Waals surface area contributed by atoms with Crippen molar-refractivity contribution in [2.75, 3.05) is 13.1 Å². The standard InChI is InChI=1S/C14H20Cl3NO/c1-9(2)4-5-18-8-10(3)19-14-7-12(16)11(15)6-13(14)17/h6-7,9-10,18H,4-5,8H2,1-3H3. The lowest BCUT2D eigenvalue weighted by molar-refractivity contribution is 0.216. The second-order valence-electron chi connectivity index (χ2n) is 5.01. The quantitative estimate of drug-likeness (QED) is 0.560. The van der Waals surface area contributed by atoms with E-state index in [2.05, 4.69) is 19.2 Å². The summed E-state index contributed by atoms with van der Waals surface area (Å²) >= 11 is 17.9. The minimum Gasteiger partial charge on any atom is -0.488 e.